The van der Waals surface area contributed by atoms with Gasteiger partial charge in [-0.05, 0) is 51.1 Å². The topological polar surface area (TPSA) is 3.24 Å². The van der Waals surface area contributed by atoms with E-state index in [4.69, 9.17) is 0 Å². The van der Waals surface area contributed by atoms with E-state index in [-0.39, 0.29) is 0 Å². The van der Waals surface area contributed by atoms with Crippen LogP contribution >= 0.6 is 0 Å². The summed E-state index contributed by atoms with van der Waals surface area (Å²) in [6.07, 6.45) is 4.15. The molecule has 0 aliphatic carbocycles. The highest BCUT2D eigenvalue weighted by Crippen LogP contribution is 2.29. The Balaban J connectivity index is 2.49. The van der Waals surface area contributed by atoms with Crippen molar-refractivity contribution < 1.29 is 0 Å². The molecule has 1 aliphatic rings. The smallest absolute Gasteiger partial charge is 0.00976 e. The van der Waals surface area contributed by atoms with Crippen LogP contribution in [0.25, 0.3) is 0 Å². The lowest BCUT2D eigenvalue weighted by molar-refractivity contribution is 0.0797. The van der Waals surface area contributed by atoms with Crippen LogP contribution in [0.1, 0.15) is 47.0 Å². The molecule has 0 aromatic heterocycles. The van der Waals surface area contributed by atoms with Crippen molar-refractivity contribution in [3.63, 3.8) is 0 Å². The fourth-order valence-corrected chi connectivity index (χ4v) is 2.74. The Labute approximate surface area is 83.5 Å². The highest BCUT2D eigenvalue weighted by molar-refractivity contribution is 4.82. The molecule has 0 radical (unpaired) electrons. The minimum atomic E-state index is 0.814. The van der Waals surface area contributed by atoms with Crippen LogP contribution in [0.15, 0.2) is 0 Å². The zero-order valence-corrected chi connectivity index (χ0v) is 9.71. The van der Waals surface area contributed by atoms with Crippen molar-refractivity contribution in [1.29, 1.82) is 0 Å². The van der Waals surface area contributed by atoms with Crippen molar-refractivity contribution >= 4 is 0 Å². The Bertz CT molecular complexity index is 140. The van der Waals surface area contributed by atoms with Crippen LogP contribution in [0.5, 0.6) is 0 Å². The number of nitrogens with zero attached hydrogens (tertiary/aromatic N) is 1. The van der Waals surface area contributed by atoms with E-state index in [1.165, 1.54) is 32.4 Å². The molecule has 1 fully saturated rings. The van der Waals surface area contributed by atoms with Crippen LogP contribution < -0.4 is 0 Å². The number of rotatable bonds is 3. The van der Waals surface area contributed by atoms with E-state index in [1.54, 1.807) is 0 Å². The molecule has 1 rings (SSSR count). The van der Waals surface area contributed by atoms with Crippen molar-refractivity contribution in [1.82, 2.24) is 4.90 Å². The predicted octanol–water partition coefficient (Wildman–Crippen LogP) is 3.15. The van der Waals surface area contributed by atoms with E-state index in [9.17, 15) is 0 Å². The largest absolute Gasteiger partial charge is 0.300 e. The summed E-state index contributed by atoms with van der Waals surface area (Å²) in [6, 6.07) is 0.814. The van der Waals surface area contributed by atoms with Gasteiger partial charge >= 0.3 is 0 Å². The summed E-state index contributed by atoms with van der Waals surface area (Å²) in [5.74, 6) is 1.79. The summed E-state index contributed by atoms with van der Waals surface area (Å²) in [5.41, 5.74) is 0. The zero-order chi connectivity index (χ0) is 9.84. The number of hydrogen-bond acceptors (Lipinski definition) is 1. The number of piperidine rings is 1. The molecule has 0 amide bonds. The van der Waals surface area contributed by atoms with Gasteiger partial charge in [0, 0.05) is 6.04 Å². The van der Waals surface area contributed by atoms with Gasteiger partial charge in [0.05, 0.1) is 0 Å². The van der Waals surface area contributed by atoms with Crippen molar-refractivity contribution in [3.05, 3.63) is 0 Å². The molecule has 78 valence electrons. The first-order valence-electron chi connectivity index (χ1n) is 5.90. The molecule has 0 aromatic carbocycles. The quantitative estimate of drug-likeness (QED) is 0.649. The maximum atomic E-state index is 2.67. The van der Waals surface area contributed by atoms with Crippen LogP contribution in [-0.2, 0) is 0 Å². The maximum Gasteiger partial charge on any atom is 0.00976 e. The Hall–Kier alpha value is -0.0400. The molecule has 1 aliphatic heterocycles. The van der Waals surface area contributed by atoms with Gasteiger partial charge in [0.25, 0.3) is 0 Å². The van der Waals surface area contributed by atoms with Crippen LogP contribution in [-0.4, -0.2) is 24.0 Å². The third-order valence-electron chi connectivity index (χ3n) is 3.55. The molecule has 2 unspecified atom stereocenters. The molecule has 2 atom stereocenters. The van der Waals surface area contributed by atoms with Crippen LogP contribution in [0, 0.1) is 11.8 Å². The van der Waals surface area contributed by atoms with Gasteiger partial charge in [-0.25, -0.2) is 0 Å². The van der Waals surface area contributed by atoms with Gasteiger partial charge in [-0.1, -0.05) is 20.8 Å². The highest BCUT2D eigenvalue weighted by atomic mass is 15.2. The Morgan fingerprint density at radius 2 is 2.08 bits per heavy atom. The van der Waals surface area contributed by atoms with Gasteiger partial charge in [0.2, 0.25) is 0 Å². The summed E-state index contributed by atoms with van der Waals surface area (Å²) in [7, 11) is 0. The lowest BCUT2D eigenvalue weighted by Gasteiger charge is -2.41. The van der Waals surface area contributed by atoms with E-state index < -0.39 is 0 Å². The molecule has 1 saturated heterocycles. The summed E-state index contributed by atoms with van der Waals surface area (Å²) in [4.78, 5) is 2.67. The second kappa shape index (κ2) is 4.99. The van der Waals surface area contributed by atoms with Crippen molar-refractivity contribution in [2.75, 3.05) is 13.1 Å². The first-order chi connectivity index (χ1) is 6.16. The monoisotopic (exact) mass is 183 g/mol. The molecular formula is C12H25N. The molecule has 0 spiro atoms. The van der Waals surface area contributed by atoms with Crippen molar-refractivity contribution in [2.24, 2.45) is 11.8 Å². The Kier molecular flexibility index (Phi) is 4.24. The second-order valence-electron chi connectivity index (χ2n) is 4.83. The molecular weight excluding hydrogens is 158 g/mol. The standard InChI is InChI=1S/C12H25N/c1-5-8-13-9-6-7-12(10(2)3)11(13)4/h10-12H,5-9H2,1-4H3. The van der Waals surface area contributed by atoms with Gasteiger partial charge in [-0.3, -0.25) is 0 Å². The minimum absolute atomic E-state index is 0.814. The molecule has 0 N–H and O–H groups in total. The number of likely N-dealkylation sites (tertiary alicyclic amines) is 1. The average Bonchev–Trinajstić information content (AvgIpc) is 2.08. The van der Waals surface area contributed by atoms with Gasteiger partial charge < -0.3 is 4.90 Å². The molecule has 1 heteroatoms. The Morgan fingerprint density at radius 1 is 1.38 bits per heavy atom. The highest BCUT2D eigenvalue weighted by Gasteiger charge is 2.28. The minimum Gasteiger partial charge on any atom is -0.300 e. The van der Waals surface area contributed by atoms with E-state index in [1.807, 2.05) is 0 Å². The van der Waals surface area contributed by atoms with Gasteiger partial charge in [0.15, 0.2) is 0 Å². The second-order valence-corrected chi connectivity index (χ2v) is 4.83. The fraction of sp³-hybridized carbons (Fsp3) is 1.00. The molecule has 1 heterocycles. The van der Waals surface area contributed by atoms with E-state index >= 15 is 0 Å². The number of hydrogen-bond donors (Lipinski definition) is 0. The lowest BCUT2D eigenvalue weighted by Crippen LogP contribution is -2.45. The summed E-state index contributed by atoms with van der Waals surface area (Å²) < 4.78 is 0. The average molecular weight is 183 g/mol. The summed E-state index contributed by atoms with van der Waals surface area (Å²) >= 11 is 0. The van der Waals surface area contributed by atoms with E-state index in [0.29, 0.717) is 0 Å². The van der Waals surface area contributed by atoms with Crippen LogP contribution in [0.3, 0.4) is 0 Å². The summed E-state index contributed by atoms with van der Waals surface area (Å²) in [5, 5.41) is 0. The normalized spacial score (nSPS) is 31.2. The molecule has 0 bridgehead atoms. The van der Waals surface area contributed by atoms with Gasteiger partial charge in [-0.15, -0.1) is 0 Å². The van der Waals surface area contributed by atoms with E-state index in [2.05, 4.69) is 32.6 Å². The third-order valence-corrected chi connectivity index (χ3v) is 3.55. The zero-order valence-electron chi connectivity index (χ0n) is 9.71. The van der Waals surface area contributed by atoms with E-state index in [0.717, 1.165) is 17.9 Å². The molecule has 0 saturated carbocycles. The third kappa shape index (κ3) is 2.70. The van der Waals surface area contributed by atoms with Crippen molar-refractivity contribution in [2.45, 2.75) is 53.0 Å². The Morgan fingerprint density at radius 3 is 2.62 bits per heavy atom. The summed E-state index contributed by atoms with van der Waals surface area (Å²) in [6.45, 7) is 12.1. The predicted molar refractivity (Wildman–Crippen MR) is 58.9 cm³/mol. The maximum absolute atomic E-state index is 2.67. The van der Waals surface area contributed by atoms with Crippen LogP contribution in [0.2, 0.25) is 0 Å². The molecule has 1 nitrogen and oxygen atoms in total. The van der Waals surface area contributed by atoms with Gasteiger partial charge in [0.1, 0.15) is 0 Å². The van der Waals surface area contributed by atoms with Gasteiger partial charge in [-0.2, -0.15) is 0 Å². The molecule has 0 aromatic rings. The fourth-order valence-electron chi connectivity index (χ4n) is 2.74. The van der Waals surface area contributed by atoms with Crippen molar-refractivity contribution in [3.8, 4) is 0 Å². The lowest BCUT2D eigenvalue weighted by atomic mass is 9.82. The SMILES string of the molecule is CCCN1CCCC(C(C)C)C1C. The first-order valence-corrected chi connectivity index (χ1v) is 5.90. The van der Waals surface area contributed by atoms with Crippen LogP contribution in [0.4, 0.5) is 0 Å². The molecule has 13 heavy (non-hydrogen) atoms. The first kappa shape index (κ1) is 11.0.